The van der Waals surface area contributed by atoms with E-state index in [1.54, 1.807) is 0 Å². The first kappa shape index (κ1) is 25.5. The summed E-state index contributed by atoms with van der Waals surface area (Å²) in [7, 11) is 0. The largest absolute Gasteiger partial charge is 0.481 e. The summed E-state index contributed by atoms with van der Waals surface area (Å²) in [6.45, 7) is 2.30. The molecule has 0 saturated heterocycles. The van der Waals surface area contributed by atoms with Crippen LogP contribution in [0.15, 0.2) is 91.0 Å². The first-order valence-electron chi connectivity index (χ1n) is 12.3. The van der Waals surface area contributed by atoms with Crippen LogP contribution in [0, 0.1) is 0 Å². The fourth-order valence-electron chi connectivity index (χ4n) is 4.92. The number of benzene rings is 4. The lowest BCUT2D eigenvalue weighted by molar-refractivity contribution is -0.136. The fraction of sp³-hybridized carbons (Fsp3) is 0.226. The molecule has 0 aliphatic heterocycles. The maximum absolute atomic E-state index is 12.5. The van der Waals surface area contributed by atoms with Gasteiger partial charge in [-0.2, -0.15) is 0 Å². The predicted molar refractivity (Wildman–Crippen MR) is 146 cm³/mol. The number of carboxylic acid groups (broad SMARTS) is 1. The lowest BCUT2D eigenvalue weighted by Gasteiger charge is -2.30. The normalized spacial score (nSPS) is 12.7. The highest BCUT2D eigenvalue weighted by Crippen LogP contribution is 2.44. The standard InChI is InChI=1S/C31H30ClNO3/c1-2-6-27(22-11-13-24(14-12-22)31(36)33-20-19-29(34)35)30(23-15-17-25(32)18-16-23)28-10-5-8-21-7-3-4-9-26(21)28/h3-5,7-18,27,30H,2,6,19-20H2,1H3,(H,33,36)(H,34,35). The van der Waals surface area contributed by atoms with Crippen LogP contribution < -0.4 is 5.32 Å². The second-order valence-electron chi connectivity index (χ2n) is 9.01. The third kappa shape index (κ3) is 5.95. The molecule has 4 aromatic rings. The molecule has 4 nitrogen and oxygen atoms in total. The van der Waals surface area contributed by atoms with E-state index in [0.29, 0.717) is 10.6 Å². The van der Waals surface area contributed by atoms with E-state index in [4.69, 9.17) is 16.7 Å². The molecule has 0 fully saturated rings. The Labute approximate surface area is 216 Å². The van der Waals surface area contributed by atoms with Gasteiger partial charge >= 0.3 is 5.97 Å². The third-order valence-corrected chi connectivity index (χ3v) is 6.87. The smallest absolute Gasteiger partial charge is 0.305 e. The van der Waals surface area contributed by atoms with Gasteiger partial charge in [-0.05, 0) is 64.1 Å². The molecule has 0 aliphatic carbocycles. The average molecular weight is 500 g/mol. The monoisotopic (exact) mass is 499 g/mol. The summed E-state index contributed by atoms with van der Waals surface area (Å²) in [6.07, 6.45) is 1.88. The molecule has 4 rings (SSSR count). The zero-order valence-electron chi connectivity index (χ0n) is 20.3. The van der Waals surface area contributed by atoms with Crippen molar-refractivity contribution in [3.63, 3.8) is 0 Å². The maximum atomic E-state index is 12.5. The summed E-state index contributed by atoms with van der Waals surface area (Å²) in [5, 5.41) is 14.6. The summed E-state index contributed by atoms with van der Waals surface area (Å²) in [6, 6.07) is 30.8. The van der Waals surface area contributed by atoms with Gasteiger partial charge in [-0.3, -0.25) is 9.59 Å². The average Bonchev–Trinajstić information content (AvgIpc) is 2.89. The van der Waals surface area contributed by atoms with Crippen LogP contribution in [0.1, 0.15) is 65.1 Å². The van der Waals surface area contributed by atoms with E-state index in [9.17, 15) is 9.59 Å². The minimum absolute atomic E-state index is 0.101. The number of nitrogens with one attached hydrogen (secondary N) is 1. The van der Waals surface area contributed by atoms with E-state index in [2.05, 4.69) is 66.8 Å². The molecular weight excluding hydrogens is 470 g/mol. The zero-order valence-corrected chi connectivity index (χ0v) is 21.0. The minimum atomic E-state index is -0.935. The lowest BCUT2D eigenvalue weighted by Crippen LogP contribution is -2.26. The topological polar surface area (TPSA) is 66.4 Å². The van der Waals surface area contributed by atoms with Crippen molar-refractivity contribution in [2.24, 2.45) is 0 Å². The predicted octanol–water partition coefficient (Wildman–Crippen LogP) is 7.41. The first-order chi connectivity index (χ1) is 17.5. The highest BCUT2D eigenvalue weighted by Gasteiger charge is 2.27. The number of halogens is 1. The van der Waals surface area contributed by atoms with Crippen LogP contribution in [0.2, 0.25) is 5.02 Å². The highest BCUT2D eigenvalue weighted by molar-refractivity contribution is 6.30. The summed E-state index contributed by atoms with van der Waals surface area (Å²) >= 11 is 6.25. The Bertz CT molecular complexity index is 1330. The summed E-state index contributed by atoms with van der Waals surface area (Å²) in [5.41, 5.74) is 4.15. The third-order valence-electron chi connectivity index (χ3n) is 6.62. The molecule has 0 radical (unpaired) electrons. The molecule has 2 unspecified atom stereocenters. The molecule has 4 aromatic carbocycles. The van der Waals surface area contributed by atoms with Crippen molar-refractivity contribution in [2.45, 2.75) is 38.0 Å². The van der Waals surface area contributed by atoms with Gasteiger partial charge in [0.1, 0.15) is 0 Å². The van der Waals surface area contributed by atoms with Crippen LogP contribution in [0.4, 0.5) is 0 Å². The SMILES string of the molecule is CCCC(c1ccc(C(=O)NCCC(=O)O)cc1)C(c1ccc(Cl)cc1)c1cccc2ccccc12. The van der Waals surface area contributed by atoms with E-state index >= 15 is 0 Å². The number of carboxylic acids is 1. The molecule has 5 heteroatoms. The molecular formula is C31H30ClNO3. The number of rotatable bonds is 10. The Hall–Kier alpha value is -3.63. The lowest BCUT2D eigenvalue weighted by atomic mass is 9.74. The number of hydrogen-bond donors (Lipinski definition) is 2. The highest BCUT2D eigenvalue weighted by atomic mass is 35.5. The van der Waals surface area contributed by atoms with Gasteiger partial charge in [-0.25, -0.2) is 0 Å². The van der Waals surface area contributed by atoms with Gasteiger partial charge in [-0.15, -0.1) is 0 Å². The number of aliphatic carboxylic acids is 1. The van der Waals surface area contributed by atoms with E-state index < -0.39 is 5.97 Å². The fourth-order valence-corrected chi connectivity index (χ4v) is 5.05. The molecule has 0 aliphatic rings. The Morgan fingerprint density at radius 1 is 0.861 bits per heavy atom. The number of carbonyl (C=O) groups is 2. The second kappa shape index (κ2) is 11.9. The van der Waals surface area contributed by atoms with Crippen LogP contribution in [-0.2, 0) is 4.79 Å². The van der Waals surface area contributed by atoms with Gasteiger partial charge in [0.15, 0.2) is 0 Å². The van der Waals surface area contributed by atoms with Gasteiger partial charge in [-0.1, -0.05) is 91.7 Å². The van der Waals surface area contributed by atoms with Crippen LogP contribution in [0.3, 0.4) is 0 Å². The molecule has 0 bridgehead atoms. The summed E-state index contributed by atoms with van der Waals surface area (Å²) in [5.74, 6) is -0.914. The molecule has 0 saturated carbocycles. The van der Waals surface area contributed by atoms with E-state index in [1.165, 1.54) is 21.9 Å². The summed E-state index contributed by atoms with van der Waals surface area (Å²) < 4.78 is 0. The van der Waals surface area contributed by atoms with Crippen molar-refractivity contribution in [1.29, 1.82) is 0 Å². The molecule has 36 heavy (non-hydrogen) atoms. The number of hydrogen-bond acceptors (Lipinski definition) is 2. The second-order valence-corrected chi connectivity index (χ2v) is 9.45. The van der Waals surface area contributed by atoms with Crippen LogP contribution in [0.25, 0.3) is 10.8 Å². The van der Waals surface area contributed by atoms with Gasteiger partial charge in [0, 0.05) is 23.0 Å². The van der Waals surface area contributed by atoms with E-state index in [-0.39, 0.29) is 30.7 Å². The van der Waals surface area contributed by atoms with Gasteiger partial charge in [0.05, 0.1) is 6.42 Å². The van der Waals surface area contributed by atoms with Gasteiger partial charge < -0.3 is 10.4 Å². The Morgan fingerprint density at radius 3 is 2.22 bits per heavy atom. The maximum Gasteiger partial charge on any atom is 0.305 e. The van der Waals surface area contributed by atoms with Crippen molar-refractivity contribution in [2.75, 3.05) is 6.54 Å². The Kier molecular flexibility index (Phi) is 8.40. The Morgan fingerprint density at radius 2 is 1.53 bits per heavy atom. The van der Waals surface area contributed by atoms with Crippen molar-refractivity contribution in [1.82, 2.24) is 5.32 Å². The van der Waals surface area contributed by atoms with Crippen LogP contribution in [0.5, 0.6) is 0 Å². The van der Waals surface area contributed by atoms with Crippen LogP contribution >= 0.6 is 11.6 Å². The molecule has 0 heterocycles. The minimum Gasteiger partial charge on any atom is -0.481 e. The van der Waals surface area contributed by atoms with Crippen molar-refractivity contribution in [3.8, 4) is 0 Å². The van der Waals surface area contributed by atoms with Crippen molar-refractivity contribution < 1.29 is 14.7 Å². The number of carbonyl (C=O) groups excluding carboxylic acids is 1. The molecule has 0 aromatic heterocycles. The Balaban J connectivity index is 1.74. The van der Waals surface area contributed by atoms with E-state index in [0.717, 1.165) is 18.4 Å². The molecule has 2 N–H and O–H groups in total. The van der Waals surface area contributed by atoms with Crippen molar-refractivity contribution in [3.05, 3.63) is 118 Å². The molecule has 0 spiro atoms. The molecule has 1 amide bonds. The van der Waals surface area contributed by atoms with Gasteiger partial charge in [0.25, 0.3) is 5.91 Å². The number of amides is 1. The van der Waals surface area contributed by atoms with Crippen LogP contribution in [-0.4, -0.2) is 23.5 Å². The molecule has 184 valence electrons. The summed E-state index contributed by atoms with van der Waals surface area (Å²) in [4.78, 5) is 23.2. The zero-order chi connectivity index (χ0) is 25.5. The molecule has 2 atom stereocenters. The first-order valence-corrected chi connectivity index (χ1v) is 12.7. The quantitative estimate of drug-likeness (QED) is 0.238. The van der Waals surface area contributed by atoms with Gasteiger partial charge in [0.2, 0.25) is 0 Å². The van der Waals surface area contributed by atoms with E-state index in [1.807, 2.05) is 36.4 Å². The van der Waals surface area contributed by atoms with Crippen molar-refractivity contribution >= 4 is 34.2 Å². The number of fused-ring (bicyclic) bond motifs is 1.